The SMILES string of the molecule is CN(C)C(=O)C12CCC(c3cc(-c4c(F)cccc4F)nnc31)C2(C)C. The molecular formula is C20H21F2N3O. The standard InChI is InChI=1S/C20H21F2N3O/c1-19(2)12-8-9-20(19,18(26)25(3)4)17-11(12)10-15(23-24-17)16-13(21)6-5-7-14(16)22/h5-7,10,12H,8-9H2,1-4H3. The van der Waals surface area contributed by atoms with E-state index in [-0.39, 0.29) is 28.5 Å². The molecule has 0 aliphatic heterocycles. The van der Waals surface area contributed by atoms with Gasteiger partial charge in [-0.05, 0) is 47.9 Å². The maximum atomic E-state index is 14.2. The van der Waals surface area contributed by atoms with E-state index in [4.69, 9.17) is 0 Å². The predicted octanol–water partition coefficient (Wildman–Crippen LogP) is 3.67. The number of hydrogen-bond donors (Lipinski definition) is 0. The summed E-state index contributed by atoms with van der Waals surface area (Å²) < 4.78 is 28.3. The van der Waals surface area contributed by atoms with E-state index < -0.39 is 17.0 Å². The van der Waals surface area contributed by atoms with Gasteiger partial charge < -0.3 is 4.90 Å². The highest BCUT2D eigenvalue weighted by Crippen LogP contribution is 2.67. The number of hydrogen-bond acceptors (Lipinski definition) is 3. The van der Waals surface area contributed by atoms with Crippen molar-refractivity contribution in [2.45, 2.75) is 38.0 Å². The molecular weight excluding hydrogens is 336 g/mol. The van der Waals surface area contributed by atoms with Gasteiger partial charge in [-0.2, -0.15) is 5.10 Å². The van der Waals surface area contributed by atoms with E-state index in [1.807, 2.05) is 0 Å². The third-order valence-corrected chi connectivity index (χ3v) is 6.37. The first-order valence-corrected chi connectivity index (χ1v) is 8.76. The summed E-state index contributed by atoms with van der Waals surface area (Å²) in [5.74, 6) is -1.20. The Hall–Kier alpha value is -2.37. The minimum atomic E-state index is -0.726. The van der Waals surface area contributed by atoms with Crippen LogP contribution in [0.3, 0.4) is 0 Å². The molecule has 2 aliphatic rings. The Labute approximate surface area is 151 Å². The molecule has 1 aromatic carbocycles. The Balaban J connectivity index is 1.92. The van der Waals surface area contributed by atoms with Crippen molar-refractivity contribution in [3.8, 4) is 11.3 Å². The molecule has 2 aromatic rings. The molecule has 1 heterocycles. The van der Waals surface area contributed by atoms with Crippen LogP contribution in [0.1, 0.15) is 43.9 Å². The Morgan fingerprint density at radius 1 is 1.19 bits per heavy atom. The third-order valence-electron chi connectivity index (χ3n) is 6.37. The van der Waals surface area contributed by atoms with Crippen LogP contribution in [0, 0.1) is 17.0 Å². The number of carbonyl (C=O) groups is 1. The molecule has 4 rings (SSSR count). The van der Waals surface area contributed by atoms with Gasteiger partial charge in [0, 0.05) is 14.1 Å². The minimum Gasteiger partial charge on any atom is -0.348 e. The number of halogens is 2. The molecule has 2 unspecified atom stereocenters. The second-order valence-electron chi connectivity index (χ2n) is 8.05. The zero-order chi connectivity index (χ0) is 18.9. The number of benzene rings is 1. The summed E-state index contributed by atoms with van der Waals surface area (Å²) in [6.07, 6.45) is 1.57. The highest BCUT2D eigenvalue weighted by atomic mass is 19.1. The number of likely N-dealkylation sites (N-methyl/N-ethyl adjacent to an activating group) is 1. The normalized spacial score (nSPS) is 25.2. The van der Waals surface area contributed by atoms with Crippen molar-refractivity contribution < 1.29 is 13.6 Å². The van der Waals surface area contributed by atoms with Gasteiger partial charge in [0.25, 0.3) is 0 Å². The minimum absolute atomic E-state index is 0.0165. The van der Waals surface area contributed by atoms with Gasteiger partial charge in [0.1, 0.15) is 11.6 Å². The van der Waals surface area contributed by atoms with Crippen LogP contribution in [-0.2, 0) is 10.2 Å². The quantitative estimate of drug-likeness (QED) is 0.824. The molecule has 136 valence electrons. The van der Waals surface area contributed by atoms with E-state index in [9.17, 15) is 13.6 Å². The molecule has 4 nitrogen and oxygen atoms in total. The van der Waals surface area contributed by atoms with E-state index in [2.05, 4.69) is 24.0 Å². The van der Waals surface area contributed by atoms with Crippen LogP contribution in [0.15, 0.2) is 24.3 Å². The number of aromatic nitrogens is 2. The second kappa shape index (κ2) is 5.32. The highest BCUT2D eigenvalue weighted by Gasteiger charge is 2.67. The molecule has 6 heteroatoms. The third kappa shape index (κ3) is 1.90. The molecule has 1 saturated carbocycles. The Morgan fingerprint density at radius 2 is 1.85 bits per heavy atom. The largest absolute Gasteiger partial charge is 0.348 e. The van der Waals surface area contributed by atoms with Crippen LogP contribution in [-0.4, -0.2) is 35.1 Å². The van der Waals surface area contributed by atoms with E-state index in [1.54, 1.807) is 25.1 Å². The summed E-state index contributed by atoms with van der Waals surface area (Å²) in [7, 11) is 3.49. The summed E-state index contributed by atoms with van der Waals surface area (Å²) in [5.41, 5.74) is 0.515. The van der Waals surface area contributed by atoms with Crippen molar-refractivity contribution in [3.05, 3.63) is 47.2 Å². The number of amides is 1. The molecule has 2 atom stereocenters. The molecule has 2 aliphatic carbocycles. The molecule has 26 heavy (non-hydrogen) atoms. The molecule has 0 N–H and O–H groups in total. The van der Waals surface area contributed by atoms with Gasteiger partial charge in [0.05, 0.1) is 22.4 Å². The van der Waals surface area contributed by atoms with Crippen LogP contribution >= 0.6 is 0 Å². The van der Waals surface area contributed by atoms with E-state index >= 15 is 0 Å². The van der Waals surface area contributed by atoms with Crippen LogP contribution < -0.4 is 0 Å². The zero-order valence-electron chi connectivity index (χ0n) is 15.3. The first-order valence-electron chi connectivity index (χ1n) is 8.76. The maximum absolute atomic E-state index is 14.2. The topological polar surface area (TPSA) is 46.1 Å². The first kappa shape index (κ1) is 17.1. The van der Waals surface area contributed by atoms with Crippen molar-refractivity contribution in [2.24, 2.45) is 5.41 Å². The Morgan fingerprint density at radius 3 is 2.46 bits per heavy atom. The van der Waals surface area contributed by atoms with Crippen molar-refractivity contribution in [3.63, 3.8) is 0 Å². The molecule has 0 radical (unpaired) electrons. The predicted molar refractivity (Wildman–Crippen MR) is 93.5 cm³/mol. The van der Waals surface area contributed by atoms with Gasteiger partial charge >= 0.3 is 0 Å². The van der Waals surface area contributed by atoms with Crippen LogP contribution in [0.4, 0.5) is 8.78 Å². The average Bonchev–Trinajstić information content (AvgIpc) is 2.95. The summed E-state index contributed by atoms with van der Waals surface area (Å²) in [6, 6.07) is 5.46. The lowest BCUT2D eigenvalue weighted by molar-refractivity contribution is -0.138. The van der Waals surface area contributed by atoms with Crippen molar-refractivity contribution in [1.29, 1.82) is 0 Å². The summed E-state index contributed by atoms with van der Waals surface area (Å²) >= 11 is 0. The lowest BCUT2D eigenvalue weighted by Crippen LogP contribution is -2.49. The van der Waals surface area contributed by atoms with Gasteiger partial charge in [-0.15, -0.1) is 5.10 Å². The Bertz CT molecular complexity index is 905. The van der Waals surface area contributed by atoms with E-state index in [1.165, 1.54) is 18.2 Å². The zero-order valence-corrected chi connectivity index (χ0v) is 15.3. The first-order chi connectivity index (χ1) is 12.2. The maximum Gasteiger partial charge on any atom is 0.234 e. The van der Waals surface area contributed by atoms with Crippen LogP contribution in [0.2, 0.25) is 0 Å². The smallest absolute Gasteiger partial charge is 0.234 e. The molecule has 2 bridgehead atoms. The monoisotopic (exact) mass is 357 g/mol. The van der Waals surface area contributed by atoms with Crippen molar-refractivity contribution in [1.82, 2.24) is 15.1 Å². The fourth-order valence-corrected chi connectivity index (χ4v) is 5.04. The molecule has 1 fully saturated rings. The second-order valence-corrected chi connectivity index (χ2v) is 8.05. The molecule has 1 amide bonds. The van der Waals surface area contributed by atoms with Gasteiger partial charge in [0.15, 0.2) is 0 Å². The lowest BCUT2D eigenvalue weighted by Gasteiger charge is -2.38. The molecule has 0 saturated heterocycles. The summed E-state index contributed by atoms with van der Waals surface area (Å²) in [6.45, 7) is 4.16. The lowest BCUT2D eigenvalue weighted by atomic mass is 9.67. The van der Waals surface area contributed by atoms with Crippen LogP contribution in [0.5, 0.6) is 0 Å². The highest BCUT2D eigenvalue weighted by molar-refractivity contribution is 5.91. The fourth-order valence-electron chi connectivity index (χ4n) is 5.04. The van der Waals surface area contributed by atoms with Gasteiger partial charge in [-0.3, -0.25) is 4.79 Å². The summed E-state index contributed by atoms with van der Waals surface area (Å²) in [4.78, 5) is 14.7. The van der Waals surface area contributed by atoms with Crippen molar-refractivity contribution >= 4 is 5.91 Å². The molecule has 1 aromatic heterocycles. The van der Waals surface area contributed by atoms with E-state index in [0.29, 0.717) is 5.69 Å². The number of nitrogens with zero attached hydrogens (tertiary/aromatic N) is 3. The van der Waals surface area contributed by atoms with Gasteiger partial charge in [0.2, 0.25) is 5.91 Å². The average molecular weight is 357 g/mol. The van der Waals surface area contributed by atoms with Gasteiger partial charge in [-0.1, -0.05) is 19.9 Å². The van der Waals surface area contributed by atoms with E-state index in [0.717, 1.165) is 18.4 Å². The number of fused-ring (bicyclic) bond motifs is 5. The van der Waals surface area contributed by atoms with Crippen LogP contribution in [0.25, 0.3) is 11.3 Å². The molecule has 0 spiro atoms. The van der Waals surface area contributed by atoms with Gasteiger partial charge in [-0.25, -0.2) is 8.78 Å². The number of carbonyl (C=O) groups excluding carboxylic acids is 1. The fraction of sp³-hybridized carbons (Fsp3) is 0.450. The Kier molecular flexibility index (Phi) is 3.49. The van der Waals surface area contributed by atoms with Crippen molar-refractivity contribution in [2.75, 3.05) is 14.1 Å². The summed E-state index contributed by atoms with van der Waals surface area (Å²) in [5, 5.41) is 8.45. The number of rotatable bonds is 2.